The van der Waals surface area contributed by atoms with E-state index in [2.05, 4.69) is 4.98 Å². The molecule has 3 heterocycles. The van der Waals surface area contributed by atoms with Crippen molar-refractivity contribution in [2.45, 2.75) is 0 Å². The summed E-state index contributed by atoms with van der Waals surface area (Å²) in [5.74, 6) is -2.01. The van der Waals surface area contributed by atoms with Crippen LogP contribution in [0.1, 0.15) is 36.8 Å². The van der Waals surface area contributed by atoms with Crippen molar-refractivity contribution in [3.63, 3.8) is 0 Å². The van der Waals surface area contributed by atoms with Gasteiger partial charge in [0.1, 0.15) is 16.8 Å². The number of aromatic nitrogens is 2. The van der Waals surface area contributed by atoms with Gasteiger partial charge in [0, 0.05) is 22.5 Å². The number of esters is 2. The molecule has 3 aromatic carbocycles. The van der Waals surface area contributed by atoms with Gasteiger partial charge in [-0.25, -0.2) is 9.59 Å². The molecule has 0 aliphatic heterocycles. The van der Waals surface area contributed by atoms with Crippen molar-refractivity contribution in [2.24, 2.45) is 0 Å². The summed E-state index contributed by atoms with van der Waals surface area (Å²) < 4.78 is 11.8. The lowest BCUT2D eigenvalue weighted by molar-refractivity contribution is 0.0556. The highest BCUT2D eigenvalue weighted by atomic mass is 16.5. The number of pyridine rings is 2. The van der Waals surface area contributed by atoms with Gasteiger partial charge in [0.15, 0.2) is 0 Å². The Morgan fingerprint density at radius 3 is 2.03 bits per heavy atom. The molecule has 0 aliphatic rings. The number of hydrogen-bond donors (Lipinski definition) is 0. The minimum Gasteiger partial charge on any atom is -0.465 e. The van der Waals surface area contributed by atoms with Gasteiger partial charge in [-0.15, -0.1) is 0 Å². The van der Waals surface area contributed by atoms with E-state index in [0.717, 1.165) is 21.9 Å². The highest BCUT2D eigenvalue weighted by molar-refractivity contribution is 6.21. The molecule has 0 atom stereocenters. The van der Waals surface area contributed by atoms with Gasteiger partial charge in [-0.05, 0) is 23.3 Å². The Labute approximate surface area is 223 Å². The number of nitrogens with zero attached hydrogens (tertiary/aromatic N) is 2. The first kappa shape index (κ1) is 24.1. The fourth-order valence-corrected chi connectivity index (χ4v) is 5.07. The van der Waals surface area contributed by atoms with E-state index in [-0.39, 0.29) is 16.8 Å². The molecule has 6 aromatic rings. The molecule has 190 valence electrons. The van der Waals surface area contributed by atoms with Crippen molar-refractivity contribution in [1.82, 2.24) is 9.38 Å². The molecule has 0 bridgehead atoms. The molecule has 0 radical (unpaired) electrons. The average Bonchev–Trinajstić information content (AvgIpc) is 3.35. The number of rotatable bonds is 5. The SMILES string of the molecule is COC(=O)c1c(C(=O)OC)c2ccc3ccc4cccnc4c3n2c1C(=O)c1ccc(-c2ccccc2)cc1. The van der Waals surface area contributed by atoms with Crippen LogP contribution in [-0.4, -0.2) is 41.3 Å². The van der Waals surface area contributed by atoms with Gasteiger partial charge in [-0.1, -0.05) is 78.9 Å². The average molecular weight is 515 g/mol. The monoisotopic (exact) mass is 514 g/mol. The maximum Gasteiger partial charge on any atom is 0.341 e. The second-order valence-electron chi connectivity index (χ2n) is 8.99. The van der Waals surface area contributed by atoms with E-state index in [4.69, 9.17) is 9.47 Å². The number of carbonyl (C=O) groups excluding carboxylic acids is 3. The Balaban J connectivity index is 1.70. The number of methoxy groups -OCH3 is 2. The quantitative estimate of drug-likeness (QED) is 0.157. The molecule has 7 nitrogen and oxygen atoms in total. The van der Waals surface area contributed by atoms with Crippen molar-refractivity contribution in [3.05, 3.63) is 120 Å². The maximum absolute atomic E-state index is 14.3. The Morgan fingerprint density at radius 1 is 0.667 bits per heavy atom. The molecular weight excluding hydrogens is 492 g/mol. The van der Waals surface area contributed by atoms with Crippen LogP contribution in [-0.2, 0) is 9.47 Å². The largest absolute Gasteiger partial charge is 0.465 e. The van der Waals surface area contributed by atoms with Crippen molar-refractivity contribution in [1.29, 1.82) is 0 Å². The summed E-state index contributed by atoms with van der Waals surface area (Å²) in [7, 11) is 2.44. The predicted molar refractivity (Wildman–Crippen MR) is 148 cm³/mol. The summed E-state index contributed by atoms with van der Waals surface area (Å²) in [6.45, 7) is 0. The van der Waals surface area contributed by atoms with Crippen LogP contribution < -0.4 is 0 Å². The molecule has 0 spiro atoms. The van der Waals surface area contributed by atoms with Gasteiger partial charge in [-0.2, -0.15) is 0 Å². The van der Waals surface area contributed by atoms with E-state index in [0.29, 0.717) is 22.1 Å². The summed E-state index contributed by atoms with van der Waals surface area (Å²) in [5, 5.41) is 1.63. The zero-order valence-corrected chi connectivity index (χ0v) is 21.2. The first-order chi connectivity index (χ1) is 19.0. The number of ketones is 1. The third-order valence-electron chi connectivity index (χ3n) is 6.88. The molecule has 0 aliphatic carbocycles. The maximum atomic E-state index is 14.3. The predicted octanol–water partition coefficient (Wildman–Crippen LogP) is 6.11. The molecule has 0 unspecified atom stereocenters. The third kappa shape index (κ3) is 3.83. The zero-order valence-electron chi connectivity index (χ0n) is 21.2. The lowest BCUT2D eigenvalue weighted by atomic mass is 9.99. The second-order valence-corrected chi connectivity index (χ2v) is 8.99. The lowest BCUT2D eigenvalue weighted by Crippen LogP contribution is -2.15. The van der Waals surface area contributed by atoms with E-state index >= 15 is 0 Å². The Hall–Kier alpha value is -5.30. The summed E-state index contributed by atoms with van der Waals surface area (Å²) >= 11 is 0. The minimum atomic E-state index is -0.815. The van der Waals surface area contributed by atoms with Crippen LogP contribution in [0.4, 0.5) is 0 Å². The van der Waals surface area contributed by atoms with Gasteiger partial charge >= 0.3 is 11.9 Å². The van der Waals surface area contributed by atoms with Gasteiger partial charge in [0.25, 0.3) is 0 Å². The van der Waals surface area contributed by atoms with Crippen LogP contribution in [0.5, 0.6) is 0 Å². The number of ether oxygens (including phenoxy) is 2. The van der Waals surface area contributed by atoms with Crippen molar-refractivity contribution in [3.8, 4) is 11.1 Å². The van der Waals surface area contributed by atoms with Crippen LogP contribution in [0.2, 0.25) is 0 Å². The van der Waals surface area contributed by atoms with E-state index in [1.165, 1.54) is 14.2 Å². The molecular formula is C32H22N2O5. The fourth-order valence-electron chi connectivity index (χ4n) is 5.07. The van der Waals surface area contributed by atoms with E-state index in [1.54, 1.807) is 28.8 Å². The summed E-state index contributed by atoms with van der Waals surface area (Å²) in [5.41, 5.74) is 3.68. The van der Waals surface area contributed by atoms with Crippen LogP contribution >= 0.6 is 0 Å². The number of carbonyl (C=O) groups is 3. The summed E-state index contributed by atoms with van der Waals surface area (Å²) in [6, 6.07) is 28.1. The van der Waals surface area contributed by atoms with Gasteiger partial charge < -0.3 is 13.9 Å². The fraction of sp³-hybridized carbons (Fsp3) is 0.0625. The van der Waals surface area contributed by atoms with Gasteiger partial charge in [-0.3, -0.25) is 9.78 Å². The number of benzene rings is 3. The second kappa shape index (κ2) is 9.54. The normalized spacial score (nSPS) is 11.1. The molecule has 6 rings (SSSR count). The topological polar surface area (TPSA) is 87.0 Å². The lowest BCUT2D eigenvalue weighted by Gasteiger charge is -2.11. The van der Waals surface area contributed by atoms with Gasteiger partial charge in [0.2, 0.25) is 5.78 Å². The number of fused-ring (bicyclic) bond motifs is 5. The van der Waals surface area contributed by atoms with Crippen molar-refractivity contribution < 1.29 is 23.9 Å². The van der Waals surface area contributed by atoms with E-state index in [1.807, 2.05) is 72.8 Å². The first-order valence-electron chi connectivity index (χ1n) is 12.2. The Bertz CT molecular complexity index is 1920. The zero-order chi connectivity index (χ0) is 27.1. The smallest absolute Gasteiger partial charge is 0.341 e. The molecule has 0 N–H and O–H groups in total. The van der Waals surface area contributed by atoms with E-state index in [9.17, 15) is 14.4 Å². The van der Waals surface area contributed by atoms with Crippen molar-refractivity contribution >= 4 is 45.0 Å². The number of hydrogen-bond acceptors (Lipinski definition) is 6. The van der Waals surface area contributed by atoms with Crippen LogP contribution in [0.15, 0.2) is 97.2 Å². The highest BCUT2D eigenvalue weighted by Gasteiger charge is 2.34. The third-order valence-corrected chi connectivity index (χ3v) is 6.88. The molecule has 3 aromatic heterocycles. The molecule has 0 fully saturated rings. The standard InChI is InChI=1S/C32H22N2O5/c1-38-31(36)25-24-17-16-22-13-12-21-9-6-18-33-27(21)28(22)34(24)29(26(25)32(37)39-2)30(35)23-14-10-20(11-15-23)19-7-4-3-5-8-19/h3-18H,1-2H3. The molecule has 0 saturated heterocycles. The van der Waals surface area contributed by atoms with Crippen LogP contribution in [0, 0.1) is 0 Å². The van der Waals surface area contributed by atoms with Crippen LogP contribution in [0.25, 0.3) is 38.4 Å². The molecule has 0 amide bonds. The van der Waals surface area contributed by atoms with E-state index < -0.39 is 17.7 Å². The highest BCUT2D eigenvalue weighted by Crippen LogP contribution is 2.34. The first-order valence-corrected chi connectivity index (χ1v) is 12.2. The molecule has 7 heteroatoms. The summed E-state index contributed by atoms with van der Waals surface area (Å²) in [4.78, 5) is 45.1. The van der Waals surface area contributed by atoms with Crippen molar-refractivity contribution in [2.75, 3.05) is 14.2 Å². The van der Waals surface area contributed by atoms with Gasteiger partial charge in [0.05, 0.1) is 30.8 Å². The molecule has 39 heavy (non-hydrogen) atoms. The van der Waals surface area contributed by atoms with Crippen LogP contribution in [0.3, 0.4) is 0 Å². The minimum absolute atomic E-state index is 0.00784. The Kier molecular flexibility index (Phi) is 5.88. The Morgan fingerprint density at radius 2 is 1.31 bits per heavy atom. The summed E-state index contributed by atoms with van der Waals surface area (Å²) in [6.07, 6.45) is 1.66. The molecule has 0 saturated carbocycles.